The minimum Gasteiger partial charge on any atom is -0.493 e. The van der Waals surface area contributed by atoms with Crippen LogP contribution in [-0.2, 0) is 4.74 Å². The van der Waals surface area contributed by atoms with Crippen molar-refractivity contribution in [2.45, 2.75) is 31.7 Å². The number of benzene rings is 1. The predicted molar refractivity (Wildman–Crippen MR) is 130 cm³/mol. The summed E-state index contributed by atoms with van der Waals surface area (Å²) in [6.07, 6.45) is 4.56. The molecule has 2 fully saturated rings. The summed E-state index contributed by atoms with van der Waals surface area (Å²) in [7, 11) is 0. The number of hydrogen-bond donors (Lipinski definition) is 4. The third kappa shape index (κ3) is 5.95. The van der Waals surface area contributed by atoms with Gasteiger partial charge in [-0.25, -0.2) is 4.79 Å². The van der Waals surface area contributed by atoms with Gasteiger partial charge in [-0.2, -0.15) is 0 Å². The highest BCUT2D eigenvalue weighted by atomic mass is 32.1. The molecule has 1 atom stereocenters. The first-order chi connectivity index (χ1) is 16.0. The van der Waals surface area contributed by atoms with Crippen LogP contribution >= 0.6 is 11.3 Å². The normalized spacial score (nSPS) is 18.7. The van der Waals surface area contributed by atoms with E-state index in [1.807, 2.05) is 18.2 Å². The minimum atomic E-state index is -0.745. The lowest BCUT2D eigenvalue weighted by molar-refractivity contribution is 0.100. The van der Waals surface area contributed by atoms with Gasteiger partial charge in [0.25, 0.3) is 5.91 Å². The number of nitrogens with one attached hydrogen (secondary N) is 2. The summed E-state index contributed by atoms with van der Waals surface area (Å²) in [5, 5.41) is 6.38. The number of amides is 3. The van der Waals surface area contributed by atoms with Crippen molar-refractivity contribution >= 4 is 34.0 Å². The van der Waals surface area contributed by atoms with Gasteiger partial charge in [0.1, 0.15) is 10.8 Å². The predicted octanol–water partition coefficient (Wildman–Crippen LogP) is 2.75. The van der Waals surface area contributed by atoms with Gasteiger partial charge in [0.05, 0.1) is 25.4 Å². The van der Waals surface area contributed by atoms with Crippen LogP contribution < -0.4 is 31.7 Å². The van der Waals surface area contributed by atoms with Gasteiger partial charge in [0, 0.05) is 41.3 Å². The van der Waals surface area contributed by atoms with Crippen LogP contribution in [0.1, 0.15) is 36.0 Å². The third-order valence-corrected chi connectivity index (χ3v) is 7.06. The average Bonchev–Trinajstić information content (AvgIpc) is 3.23. The van der Waals surface area contributed by atoms with Crippen LogP contribution in [0.3, 0.4) is 0 Å². The molecule has 0 spiro atoms. The van der Waals surface area contributed by atoms with Crippen molar-refractivity contribution in [1.82, 2.24) is 5.32 Å². The maximum absolute atomic E-state index is 11.9. The van der Waals surface area contributed by atoms with Gasteiger partial charge in [0.2, 0.25) is 0 Å². The molecular weight excluding hydrogens is 442 g/mol. The van der Waals surface area contributed by atoms with E-state index in [1.165, 1.54) is 30.6 Å². The van der Waals surface area contributed by atoms with E-state index in [1.54, 1.807) is 6.07 Å². The zero-order valence-electron chi connectivity index (χ0n) is 18.6. The highest BCUT2D eigenvalue weighted by Gasteiger charge is 2.21. The Morgan fingerprint density at radius 1 is 1.21 bits per heavy atom. The van der Waals surface area contributed by atoms with E-state index in [-0.39, 0.29) is 5.56 Å². The van der Waals surface area contributed by atoms with E-state index in [9.17, 15) is 9.59 Å². The van der Waals surface area contributed by atoms with Crippen LogP contribution in [-0.4, -0.2) is 57.4 Å². The summed E-state index contributed by atoms with van der Waals surface area (Å²) in [6, 6.07) is 7.48. The Bertz CT molecular complexity index is 983. The number of thiophene rings is 1. The molecule has 178 valence electrons. The van der Waals surface area contributed by atoms with E-state index >= 15 is 0 Å². The van der Waals surface area contributed by atoms with Crippen LogP contribution in [0, 0.1) is 0 Å². The van der Waals surface area contributed by atoms with Crippen LogP contribution in [0.2, 0.25) is 0 Å². The van der Waals surface area contributed by atoms with Crippen molar-refractivity contribution in [3.8, 4) is 16.2 Å². The lowest BCUT2D eigenvalue weighted by atomic mass is 10.0. The number of urea groups is 1. The Hall–Kier alpha value is -2.82. The molecule has 1 unspecified atom stereocenters. The van der Waals surface area contributed by atoms with E-state index in [2.05, 4.69) is 15.5 Å². The maximum atomic E-state index is 11.9. The Labute approximate surface area is 197 Å². The zero-order chi connectivity index (χ0) is 23.2. The molecule has 0 radical (unpaired) electrons. The van der Waals surface area contributed by atoms with Gasteiger partial charge in [0.15, 0.2) is 0 Å². The van der Waals surface area contributed by atoms with E-state index < -0.39 is 11.9 Å². The Morgan fingerprint density at radius 3 is 2.73 bits per heavy atom. The monoisotopic (exact) mass is 473 g/mol. The fourth-order valence-corrected chi connectivity index (χ4v) is 5.34. The molecule has 2 aliphatic heterocycles. The number of carbonyl (C=O) groups excluding carboxylic acids is 2. The number of morpholine rings is 1. The van der Waals surface area contributed by atoms with Crippen molar-refractivity contribution in [2.75, 3.05) is 49.7 Å². The molecule has 3 heterocycles. The lowest BCUT2D eigenvalue weighted by Gasteiger charge is -2.29. The highest BCUT2D eigenvalue weighted by Crippen LogP contribution is 2.41. The fourth-order valence-electron chi connectivity index (χ4n) is 4.25. The maximum Gasteiger partial charge on any atom is 0.317 e. The van der Waals surface area contributed by atoms with E-state index in [0.717, 1.165) is 47.9 Å². The summed E-state index contributed by atoms with van der Waals surface area (Å²) in [5.74, 6) is 0.106. The number of nitrogens with two attached hydrogens (primary N) is 2. The van der Waals surface area contributed by atoms with Gasteiger partial charge in [-0.15, -0.1) is 11.3 Å². The summed E-state index contributed by atoms with van der Waals surface area (Å²) in [6.45, 7) is 4.67. The number of carbonyl (C=O) groups is 2. The first-order valence-electron chi connectivity index (χ1n) is 11.3. The number of rotatable bonds is 8. The molecule has 4 rings (SSSR count). The van der Waals surface area contributed by atoms with Crippen LogP contribution in [0.5, 0.6) is 5.75 Å². The number of piperidine rings is 1. The topological polar surface area (TPSA) is 132 Å². The van der Waals surface area contributed by atoms with Crippen LogP contribution in [0.15, 0.2) is 24.3 Å². The highest BCUT2D eigenvalue weighted by molar-refractivity contribution is 7.20. The van der Waals surface area contributed by atoms with Crippen molar-refractivity contribution < 1.29 is 19.1 Å². The molecular formula is C23H31N5O4S. The largest absolute Gasteiger partial charge is 0.493 e. The smallest absolute Gasteiger partial charge is 0.317 e. The molecule has 3 amide bonds. The second-order valence-electron chi connectivity index (χ2n) is 8.27. The second-order valence-corrected chi connectivity index (χ2v) is 9.32. The molecule has 2 aromatic rings. The molecule has 9 nitrogen and oxygen atoms in total. The molecule has 10 heteroatoms. The molecule has 33 heavy (non-hydrogen) atoms. The first kappa shape index (κ1) is 23.3. The van der Waals surface area contributed by atoms with Crippen molar-refractivity contribution in [1.29, 1.82) is 0 Å². The quantitative estimate of drug-likeness (QED) is 0.466. The summed E-state index contributed by atoms with van der Waals surface area (Å²) < 4.78 is 11.8. The Kier molecular flexibility index (Phi) is 7.69. The number of hydrogen-bond acceptors (Lipinski definition) is 7. The van der Waals surface area contributed by atoms with Crippen molar-refractivity contribution in [2.24, 2.45) is 11.5 Å². The minimum absolute atomic E-state index is 0.225. The van der Waals surface area contributed by atoms with Crippen LogP contribution in [0.25, 0.3) is 10.4 Å². The molecule has 0 aliphatic carbocycles. The molecule has 2 saturated heterocycles. The molecule has 2 aliphatic rings. The number of nitrogens with zero attached hydrogens (tertiary/aromatic N) is 1. The number of anilines is 2. The molecule has 0 saturated carbocycles. The fraction of sp³-hybridized carbons (Fsp3) is 0.478. The number of ether oxygens (including phenoxy) is 2. The van der Waals surface area contributed by atoms with Gasteiger partial charge in [-0.1, -0.05) is 6.42 Å². The van der Waals surface area contributed by atoms with Gasteiger partial charge >= 0.3 is 6.03 Å². The summed E-state index contributed by atoms with van der Waals surface area (Å²) in [5.41, 5.74) is 12.9. The second kappa shape index (κ2) is 10.9. The first-order valence-corrected chi connectivity index (χ1v) is 12.2. The van der Waals surface area contributed by atoms with Gasteiger partial charge in [-0.05, 0) is 44.0 Å². The molecule has 1 aromatic heterocycles. The Morgan fingerprint density at radius 2 is 2.03 bits per heavy atom. The summed E-state index contributed by atoms with van der Waals surface area (Å²) >= 11 is 1.25. The van der Waals surface area contributed by atoms with Crippen molar-refractivity contribution in [3.05, 3.63) is 29.8 Å². The van der Waals surface area contributed by atoms with E-state index in [0.29, 0.717) is 30.9 Å². The summed E-state index contributed by atoms with van der Waals surface area (Å²) in [4.78, 5) is 26.3. The SMILES string of the molecule is NC(=O)Nc1sc(-c2ccc(N3CCOCC3)cc2OCCC2CCCCN2)cc1C(N)=O. The average molecular weight is 474 g/mol. The van der Waals surface area contributed by atoms with Crippen LogP contribution in [0.4, 0.5) is 15.5 Å². The lowest BCUT2D eigenvalue weighted by Crippen LogP contribution is -2.36. The Balaban J connectivity index is 1.61. The van der Waals surface area contributed by atoms with Crippen molar-refractivity contribution in [3.63, 3.8) is 0 Å². The zero-order valence-corrected chi connectivity index (χ0v) is 19.4. The number of primary amides is 2. The van der Waals surface area contributed by atoms with E-state index in [4.69, 9.17) is 20.9 Å². The molecule has 0 bridgehead atoms. The third-order valence-electron chi connectivity index (χ3n) is 5.98. The molecule has 6 N–H and O–H groups in total. The van der Waals surface area contributed by atoms with Gasteiger partial charge in [-0.3, -0.25) is 10.1 Å². The van der Waals surface area contributed by atoms with Gasteiger partial charge < -0.3 is 31.2 Å². The standard InChI is InChI=1S/C23H31N5O4S/c24-21(29)18-14-20(33-22(18)27-23(25)30)17-5-4-16(28-8-11-31-12-9-28)13-19(17)32-10-6-15-3-1-2-7-26-15/h4-5,13-15,26H,1-3,6-12H2,(H2,24,29)(H3,25,27,30). The molecule has 1 aromatic carbocycles.